The molecule has 0 aliphatic heterocycles. The lowest BCUT2D eigenvalue weighted by Crippen LogP contribution is -2.00. The lowest BCUT2D eigenvalue weighted by atomic mass is 9.97. The van der Waals surface area contributed by atoms with Crippen LogP contribution >= 0.6 is 0 Å². The SMILES string of the molecule is CNc1ncnc(-c2cc(C)c(C)cc2C)c1C. The second-order valence-corrected chi connectivity index (χ2v) is 4.70. The van der Waals surface area contributed by atoms with Crippen LogP contribution in [0.25, 0.3) is 11.3 Å². The molecule has 2 rings (SSSR count). The second kappa shape index (κ2) is 4.77. The molecule has 0 unspecified atom stereocenters. The predicted molar refractivity (Wildman–Crippen MR) is 76.0 cm³/mol. The molecule has 2 aromatic rings. The third-order valence-corrected chi connectivity index (χ3v) is 3.42. The number of aromatic nitrogens is 2. The van der Waals surface area contributed by atoms with Crippen molar-refractivity contribution in [3.8, 4) is 11.3 Å². The topological polar surface area (TPSA) is 37.8 Å². The maximum absolute atomic E-state index is 4.44. The molecule has 0 spiro atoms. The molecule has 0 aliphatic rings. The molecule has 0 fully saturated rings. The zero-order valence-corrected chi connectivity index (χ0v) is 11.6. The fourth-order valence-corrected chi connectivity index (χ4v) is 2.19. The third-order valence-electron chi connectivity index (χ3n) is 3.42. The van der Waals surface area contributed by atoms with Gasteiger partial charge in [0.05, 0.1) is 5.69 Å². The molecule has 3 nitrogen and oxygen atoms in total. The Morgan fingerprint density at radius 1 is 0.889 bits per heavy atom. The number of hydrogen-bond donors (Lipinski definition) is 1. The number of benzene rings is 1. The highest BCUT2D eigenvalue weighted by molar-refractivity contribution is 5.71. The van der Waals surface area contributed by atoms with Gasteiger partial charge in [0, 0.05) is 18.2 Å². The van der Waals surface area contributed by atoms with Gasteiger partial charge in [-0.25, -0.2) is 9.97 Å². The Balaban J connectivity index is 2.66. The van der Waals surface area contributed by atoms with Crippen molar-refractivity contribution in [1.82, 2.24) is 9.97 Å². The summed E-state index contributed by atoms with van der Waals surface area (Å²) in [7, 11) is 1.88. The largest absolute Gasteiger partial charge is 0.373 e. The number of nitrogens with zero attached hydrogens (tertiary/aromatic N) is 2. The molecule has 3 heteroatoms. The Labute approximate surface area is 108 Å². The molecule has 0 saturated heterocycles. The highest BCUT2D eigenvalue weighted by atomic mass is 15.0. The molecular weight excluding hydrogens is 222 g/mol. The minimum absolute atomic E-state index is 0.887. The van der Waals surface area contributed by atoms with Crippen LogP contribution < -0.4 is 5.32 Å². The first-order valence-corrected chi connectivity index (χ1v) is 6.12. The third kappa shape index (κ3) is 2.08. The van der Waals surface area contributed by atoms with Crippen LogP contribution in [-0.4, -0.2) is 17.0 Å². The molecular formula is C15H19N3. The molecule has 94 valence electrons. The van der Waals surface area contributed by atoms with E-state index in [9.17, 15) is 0 Å². The van der Waals surface area contributed by atoms with E-state index in [0.717, 1.165) is 17.1 Å². The Kier molecular flexibility index (Phi) is 3.32. The van der Waals surface area contributed by atoms with Gasteiger partial charge < -0.3 is 5.32 Å². The summed E-state index contributed by atoms with van der Waals surface area (Å²) in [5, 5.41) is 3.10. The van der Waals surface area contributed by atoms with E-state index >= 15 is 0 Å². The first kappa shape index (κ1) is 12.6. The molecule has 0 saturated carbocycles. The van der Waals surface area contributed by atoms with Crippen LogP contribution in [0.3, 0.4) is 0 Å². The summed E-state index contributed by atoms with van der Waals surface area (Å²) in [6.45, 7) is 8.45. The lowest BCUT2D eigenvalue weighted by molar-refractivity contribution is 1.12. The van der Waals surface area contributed by atoms with Crippen LogP contribution in [-0.2, 0) is 0 Å². The second-order valence-electron chi connectivity index (χ2n) is 4.70. The molecule has 0 radical (unpaired) electrons. The van der Waals surface area contributed by atoms with E-state index in [4.69, 9.17) is 0 Å². The highest BCUT2D eigenvalue weighted by Crippen LogP contribution is 2.29. The summed E-state index contributed by atoms with van der Waals surface area (Å²) in [6, 6.07) is 4.42. The predicted octanol–water partition coefficient (Wildman–Crippen LogP) is 3.42. The van der Waals surface area contributed by atoms with Crippen LogP contribution in [0.4, 0.5) is 5.82 Å². The van der Waals surface area contributed by atoms with Crippen molar-refractivity contribution in [1.29, 1.82) is 0 Å². The summed E-state index contributed by atoms with van der Waals surface area (Å²) in [5.41, 5.74) is 7.15. The minimum Gasteiger partial charge on any atom is -0.373 e. The van der Waals surface area contributed by atoms with Gasteiger partial charge in [-0.3, -0.25) is 0 Å². The average Bonchev–Trinajstić information content (AvgIpc) is 2.34. The summed E-state index contributed by atoms with van der Waals surface area (Å²) < 4.78 is 0. The van der Waals surface area contributed by atoms with Crippen molar-refractivity contribution in [2.24, 2.45) is 0 Å². The van der Waals surface area contributed by atoms with Crippen molar-refractivity contribution in [3.05, 3.63) is 40.7 Å². The number of aryl methyl sites for hydroxylation is 3. The monoisotopic (exact) mass is 241 g/mol. The highest BCUT2D eigenvalue weighted by Gasteiger charge is 2.11. The maximum atomic E-state index is 4.44. The van der Waals surface area contributed by atoms with Gasteiger partial charge in [0.1, 0.15) is 12.1 Å². The molecule has 0 aliphatic carbocycles. The summed E-state index contributed by atoms with van der Waals surface area (Å²) in [6.07, 6.45) is 1.61. The van der Waals surface area contributed by atoms with E-state index in [0.29, 0.717) is 0 Å². The van der Waals surface area contributed by atoms with E-state index < -0.39 is 0 Å². The van der Waals surface area contributed by atoms with Gasteiger partial charge in [0.25, 0.3) is 0 Å². The summed E-state index contributed by atoms with van der Waals surface area (Å²) in [5.74, 6) is 0.887. The smallest absolute Gasteiger partial charge is 0.132 e. The molecule has 18 heavy (non-hydrogen) atoms. The van der Waals surface area contributed by atoms with E-state index in [1.807, 2.05) is 7.05 Å². The minimum atomic E-state index is 0.887. The van der Waals surface area contributed by atoms with E-state index in [1.165, 1.54) is 22.3 Å². The summed E-state index contributed by atoms with van der Waals surface area (Å²) in [4.78, 5) is 8.67. The van der Waals surface area contributed by atoms with E-state index in [1.54, 1.807) is 6.33 Å². The van der Waals surface area contributed by atoms with Crippen LogP contribution in [0.5, 0.6) is 0 Å². The number of hydrogen-bond acceptors (Lipinski definition) is 3. The van der Waals surface area contributed by atoms with Gasteiger partial charge in [-0.15, -0.1) is 0 Å². The zero-order valence-electron chi connectivity index (χ0n) is 11.6. The quantitative estimate of drug-likeness (QED) is 0.875. The normalized spacial score (nSPS) is 10.5. The van der Waals surface area contributed by atoms with Gasteiger partial charge in [0.2, 0.25) is 0 Å². The van der Waals surface area contributed by atoms with Gasteiger partial charge >= 0.3 is 0 Å². The Hall–Kier alpha value is -1.90. The first-order valence-electron chi connectivity index (χ1n) is 6.12. The Bertz CT molecular complexity index is 589. The van der Waals surface area contributed by atoms with Gasteiger partial charge in [0.15, 0.2) is 0 Å². The van der Waals surface area contributed by atoms with Crippen molar-refractivity contribution >= 4 is 5.82 Å². The van der Waals surface area contributed by atoms with Crippen LogP contribution in [0.1, 0.15) is 22.3 Å². The molecule has 1 aromatic heterocycles. The van der Waals surface area contributed by atoms with Crippen molar-refractivity contribution < 1.29 is 0 Å². The summed E-state index contributed by atoms with van der Waals surface area (Å²) >= 11 is 0. The van der Waals surface area contributed by atoms with Gasteiger partial charge in [-0.05, 0) is 50.5 Å². The number of nitrogens with one attached hydrogen (secondary N) is 1. The van der Waals surface area contributed by atoms with Crippen molar-refractivity contribution in [2.75, 3.05) is 12.4 Å². The van der Waals surface area contributed by atoms with E-state index in [-0.39, 0.29) is 0 Å². The zero-order chi connectivity index (χ0) is 13.3. The van der Waals surface area contributed by atoms with E-state index in [2.05, 4.69) is 55.1 Å². The van der Waals surface area contributed by atoms with Crippen LogP contribution in [0, 0.1) is 27.7 Å². The van der Waals surface area contributed by atoms with Crippen LogP contribution in [0.15, 0.2) is 18.5 Å². The number of rotatable bonds is 2. The van der Waals surface area contributed by atoms with Crippen molar-refractivity contribution in [2.45, 2.75) is 27.7 Å². The average molecular weight is 241 g/mol. The fraction of sp³-hybridized carbons (Fsp3) is 0.333. The molecule has 1 aromatic carbocycles. The van der Waals surface area contributed by atoms with Gasteiger partial charge in [-0.2, -0.15) is 0 Å². The van der Waals surface area contributed by atoms with Gasteiger partial charge in [-0.1, -0.05) is 6.07 Å². The molecule has 0 amide bonds. The molecule has 0 bridgehead atoms. The standard InChI is InChI=1S/C15H19N3/c1-9-6-11(3)13(7-10(9)2)14-12(4)15(16-5)18-8-17-14/h6-8H,1-5H3,(H,16,17,18). The van der Waals surface area contributed by atoms with Crippen LogP contribution in [0.2, 0.25) is 0 Å². The molecule has 0 atom stereocenters. The van der Waals surface area contributed by atoms with Crippen molar-refractivity contribution in [3.63, 3.8) is 0 Å². The first-order chi connectivity index (χ1) is 8.54. The Morgan fingerprint density at radius 3 is 2.22 bits per heavy atom. The number of anilines is 1. The molecule has 1 heterocycles. The maximum Gasteiger partial charge on any atom is 0.132 e. The molecule has 1 N–H and O–H groups in total. The fourth-order valence-electron chi connectivity index (χ4n) is 2.19. The Morgan fingerprint density at radius 2 is 1.56 bits per heavy atom. The lowest BCUT2D eigenvalue weighted by Gasteiger charge is -2.13.